The highest BCUT2D eigenvalue weighted by Crippen LogP contribution is 2.34. The fourth-order valence-corrected chi connectivity index (χ4v) is 3.11. The molecular formula is C15H27NO2. The van der Waals surface area contributed by atoms with E-state index in [1.54, 1.807) is 0 Å². The van der Waals surface area contributed by atoms with Crippen molar-refractivity contribution in [1.82, 2.24) is 4.90 Å². The minimum Gasteiger partial charge on any atom is -0.381 e. The highest BCUT2D eigenvalue weighted by molar-refractivity contribution is 5.79. The van der Waals surface area contributed by atoms with E-state index in [1.165, 1.54) is 12.8 Å². The van der Waals surface area contributed by atoms with Crippen molar-refractivity contribution >= 4 is 5.91 Å². The van der Waals surface area contributed by atoms with Crippen LogP contribution in [-0.2, 0) is 9.53 Å². The molecule has 2 saturated heterocycles. The Bertz CT molecular complexity index is 286. The summed E-state index contributed by atoms with van der Waals surface area (Å²) in [4.78, 5) is 14.5. The summed E-state index contributed by atoms with van der Waals surface area (Å²) < 4.78 is 5.44. The van der Waals surface area contributed by atoms with Crippen molar-refractivity contribution in [2.24, 2.45) is 11.3 Å². The number of carbonyl (C=O) groups is 1. The molecule has 0 aromatic rings. The Kier molecular flexibility index (Phi) is 4.66. The average Bonchev–Trinajstić information content (AvgIpc) is 2.62. The lowest BCUT2D eigenvalue weighted by atomic mass is 9.80. The Morgan fingerprint density at radius 1 is 1.33 bits per heavy atom. The zero-order valence-corrected chi connectivity index (χ0v) is 11.9. The fourth-order valence-electron chi connectivity index (χ4n) is 3.11. The van der Waals surface area contributed by atoms with Crippen LogP contribution in [0.5, 0.6) is 0 Å². The topological polar surface area (TPSA) is 29.5 Å². The van der Waals surface area contributed by atoms with Crippen molar-refractivity contribution in [2.45, 2.75) is 52.4 Å². The number of rotatable bonds is 2. The summed E-state index contributed by atoms with van der Waals surface area (Å²) in [6.07, 6.45) is 6.85. The van der Waals surface area contributed by atoms with E-state index in [4.69, 9.17) is 4.74 Å². The predicted octanol–water partition coefficient (Wildman–Crippen LogP) is 2.84. The van der Waals surface area contributed by atoms with Gasteiger partial charge >= 0.3 is 0 Å². The summed E-state index contributed by atoms with van der Waals surface area (Å²) >= 11 is 0. The Hall–Kier alpha value is -0.570. The molecule has 3 nitrogen and oxygen atoms in total. The maximum atomic E-state index is 12.5. The molecule has 2 fully saturated rings. The molecular weight excluding hydrogens is 226 g/mol. The molecule has 0 aliphatic carbocycles. The predicted molar refractivity (Wildman–Crippen MR) is 72.4 cm³/mol. The summed E-state index contributed by atoms with van der Waals surface area (Å²) in [5.41, 5.74) is 0.443. The van der Waals surface area contributed by atoms with Gasteiger partial charge in [-0.3, -0.25) is 4.79 Å². The second kappa shape index (κ2) is 6.05. The maximum absolute atomic E-state index is 12.5. The van der Waals surface area contributed by atoms with Crippen LogP contribution in [0.15, 0.2) is 0 Å². The second-order valence-corrected chi connectivity index (χ2v) is 6.26. The highest BCUT2D eigenvalue weighted by Gasteiger charge is 2.31. The molecule has 0 saturated carbocycles. The van der Waals surface area contributed by atoms with E-state index in [1.807, 2.05) is 0 Å². The summed E-state index contributed by atoms with van der Waals surface area (Å²) in [6, 6.07) is 0. The molecule has 0 aromatic carbocycles. The number of carbonyl (C=O) groups excluding carboxylic acids is 1. The lowest BCUT2D eigenvalue weighted by Crippen LogP contribution is -2.40. The monoisotopic (exact) mass is 253 g/mol. The highest BCUT2D eigenvalue weighted by atomic mass is 16.5. The molecule has 2 heterocycles. The molecule has 0 unspecified atom stereocenters. The zero-order chi connectivity index (χ0) is 13.0. The van der Waals surface area contributed by atoms with Gasteiger partial charge in [0, 0.05) is 19.7 Å². The first-order valence-electron chi connectivity index (χ1n) is 7.51. The maximum Gasteiger partial charge on any atom is 0.228 e. The van der Waals surface area contributed by atoms with Crippen LogP contribution >= 0.6 is 0 Å². The molecule has 0 radical (unpaired) electrons. The first-order chi connectivity index (χ1) is 8.64. The first-order valence-corrected chi connectivity index (χ1v) is 7.51. The van der Waals surface area contributed by atoms with E-state index in [2.05, 4.69) is 18.7 Å². The van der Waals surface area contributed by atoms with E-state index in [0.29, 0.717) is 17.9 Å². The van der Waals surface area contributed by atoms with Gasteiger partial charge in [0.1, 0.15) is 0 Å². The Balaban J connectivity index is 1.90. The molecule has 2 aliphatic rings. The van der Waals surface area contributed by atoms with Crippen LogP contribution in [-0.4, -0.2) is 37.1 Å². The van der Waals surface area contributed by atoms with Crippen LogP contribution in [0, 0.1) is 11.3 Å². The van der Waals surface area contributed by atoms with Gasteiger partial charge in [-0.25, -0.2) is 0 Å². The van der Waals surface area contributed by atoms with Crippen LogP contribution < -0.4 is 0 Å². The van der Waals surface area contributed by atoms with Crippen LogP contribution in [0.25, 0.3) is 0 Å². The van der Waals surface area contributed by atoms with E-state index < -0.39 is 0 Å². The van der Waals surface area contributed by atoms with E-state index in [9.17, 15) is 4.79 Å². The number of hydrogen-bond donors (Lipinski definition) is 0. The Morgan fingerprint density at radius 3 is 2.83 bits per heavy atom. The van der Waals surface area contributed by atoms with Crippen molar-refractivity contribution < 1.29 is 9.53 Å². The van der Waals surface area contributed by atoms with Gasteiger partial charge in [-0.1, -0.05) is 20.3 Å². The van der Waals surface area contributed by atoms with Crippen molar-refractivity contribution in [3.8, 4) is 0 Å². The molecule has 3 heteroatoms. The first kappa shape index (κ1) is 13.9. The van der Waals surface area contributed by atoms with Crippen LogP contribution in [0.4, 0.5) is 0 Å². The molecule has 2 rings (SSSR count). The van der Waals surface area contributed by atoms with Crippen molar-refractivity contribution in [1.29, 1.82) is 0 Å². The Morgan fingerprint density at radius 2 is 2.17 bits per heavy atom. The van der Waals surface area contributed by atoms with Gasteiger partial charge in [0.05, 0.1) is 12.5 Å². The van der Waals surface area contributed by atoms with Crippen molar-refractivity contribution in [2.75, 3.05) is 26.3 Å². The lowest BCUT2D eigenvalue weighted by molar-refractivity contribution is -0.139. The second-order valence-electron chi connectivity index (χ2n) is 6.26. The number of ether oxygens (including phenoxy) is 1. The van der Waals surface area contributed by atoms with E-state index in [0.717, 1.165) is 45.4 Å². The van der Waals surface area contributed by atoms with E-state index in [-0.39, 0.29) is 5.92 Å². The molecule has 0 N–H and O–H groups in total. The quantitative estimate of drug-likeness (QED) is 0.757. The SMILES string of the molecule is CC[C@@]1(C)CCCN(C(=O)[C@H]2CCCOC2)CC1. The van der Waals surface area contributed by atoms with Crippen LogP contribution in [0.1, 0.15) is 52.4 Å². The van der Waals surface area contributed by atoms with Crippen molar-refractivity contribution in [3.05, 3.63) is 0 Å². The third kappa shape index (κ3) is 3.25. The third-order valence-electron chi connectivity index (χ3n) is 4.87. The number of hydrogen-bond acceptors (Lipinski definition) is 2. The summed E-state index contributed by atoms with van der Waals surface area (Å²) in [6.45, 7) is 8.00. The number of amides is 1. The molecule has 0 aromatic heterocycles. The van der Waals surface area contributed by atoms with Gasteiger partial charge in [-0.2, -0.15) is 0 Å². The van der Waals surface area contributed by atoms with Crippen LogP contribution in [0.3, 0.4) is 0 Å². The zero-order valence-electron chi connectivity index (χ0n) is 11.9. The minimum atomic E-state index is 0.129. The fraction of sp³-hybridized carbons (Fsp3) is 0.933. The number of nitrogens with zero attached hydrogens (tertiary/aromatic N) is 1. The van der Waals surface area contributed by atoms with Gasteiger partial charge in [0.15, 0.2) is 0 Å². The minimum absolute atomic E-state index is 0.129. The molecule has 104 valence electrons. The standard InChI is InChI=1S/C15H27NO2/c1-3-15(2)7-5-9-16(10-8-15)14(17)13-6-4-11-18-12-13/h13H,3-12H2,1-2H3/t13-,15-/m0/s1. The van der Waals surface area contributed by atoms with Gasteiger partial charge in [0.25, 0.3) is 0 Å². The lowest BCUT2D eigenvalue weighted by Gasteiger charge is -2.29. The summed E-state index contributed by atoms with van der Waals surface area (Å²) in [7, 11) is 0. The summed E-state index contributed by atoms with van der Waals surface area (Å²) in [5, 5.41) is 0. The van der Waals surface area contributed by atoms with Gasteiger partial charge < -0.3 is 9.64 Å². The third-order valence-corrected chi connectivity index (χ3v) is 4.87. The number of likely N-dealkylation sites (tertiary alicyclic amines) is 1. The van der Waals surface area contributed by atoms with Crippen molar-refractivity contribution in [3.63, 3.8) is 0 Å². The molecule has 0 spiro atoms. The molecule has 0 bridgehead atoms. The molecule has 2 atom stereocenters. The average molecular weight is 253 g/mol. The molecule has 2 aliphatic heterocycles. The van der Waals surface area contributed by atoms with E-state index >= 15 is 0 Å². The van der Waals surface area contributed by atoms with Gasteiger partial charge in [-0.05, 0) is 37.5 Å². The normalized spacial score (nSPS) is 34.1. The van der Waals surface area contributed by atoms with Crippen LogP contribution in [0.2, 0.25) is 0 Å². The summed E-state index contributed by atoms with van der Waals surface area (Å²) in [5.74, 6) is 0.472. The Labute approximate surface area is 111 Å². The molecule has 1 amide bonds. The smallest absolute Gasteiger partial charge is 0.228 e. The molecule has 18 heavy (non-hydrogen) atoms. The largest absolute Gasteiger partial charge is 0.381 e. The van der Waals surface area contributed by atoms with Gasteiger partial charge in [-0.15, -0.1) is 0 Å². The van der Waals surface area contributed by atoms with Gasteiger partial charge in [0.2, 0.25) is 5.91 Å².